The minimum absolute atomic E-state index is 0.0669. The molecule has 0 aliphatic carbocycles. The molecular formula is C15H11ClF3NO3. The Morgan fingerprint density at radius 2 is 1.91 bits per heavy atom. The number of carbonyl (C=O) groups is 1. The molecule has 2 aromatic rings. The molecule has 0 unspecified atom stereocenters. The molecular weight excluding hydrogens is 335 g/mol. The zero-order valence-electron chi connectivity index (χ0n) is 11.8. The zero-order valence-corrected chi connectivity index (χ0v) is 12.5. The molecule has 0 atom stereocenters. The number of amides is 1. The van der Waals surface area contributed by atoms with Crippen LogP contribution in [0, 0.1) is 5.82 Å². The van der Waals surface area contributed by atoms with Gasteiger partial charge in [0.2, 0.25) is 0 Å². The lowest BCUT2D eigenvalue weighted by molar-refractivity contribution is -0.0511. The van der Waals surface area contributed by atoms with Gasteiger partial charge in [-0.05, 0) is 30.3 Å². The number of anilines is 1. The van der Waals surface area contributed by atoms with Crippen LogP contribution in [0.2, 0.25) is 5.02 Å². The van der Waals surface area contributed by atoms with Crippen LogP contribution in [0.4, 0.5) is 18.9 Å². The predicted octanol–water partition coefficient (Wildman–Crippen LogP) is 4.34. The van der Waals surface area contributed by atoms with Crippen molar-refractivity contribution in [3.8, 4) is 11.5 Å². The summed E-state index contributed by atoms with van der Waals surface area (Å²) in [6, 6.07) is 7.39. The molecule has 2 aromatic carbocycles. The normalized spacial score (nSPS) is 10.5. The van der Waals surface area contributed by atoms with Crippen LogP contribution >= 0.6 is 11.6 Å². The molecule has 0 spiro atoms. The standard InChI is InChI=1S/C15H11ClF3NO3/c1-22-12-5-3-9(7-13(12)23-15(18)19)20-14(21)10-6-8(16)2-4-11(10)17/h2-7,15H,1H3,(H,20,21). The van der Waals surface area contributed by atoms with Gasteiger partial charge in [0.15, 0.2) is 11.5 Å². The van der Waals surface area contributed by atoms with Gasteiger partial charge < -0.3 is 14.8 Å². The predicted molar refractivity (Wildman–Crippen MR) is 79.0 cm³/mol. The summed E-state index contributed by atoms with van der Waals surface area (Å²) in [5, 5.41) is 2.56. The minimum Gasteiger partial charge on any atom is -0.493 e. The Hall–Kier alpha value is -2.41. The van der Waals surface area contributed by atoms with Crippen LogP contribution in [0.5, 0.6) is 11.5 Å². The van der Waals surface area contributed by atoms with Gasteiger partial charge in [0.05, 0.1) is 12.7 Å². The summed E-state index contributed by atoms with van der Waals surface area (Å²) in [5.74, 6) is -1.73. The van der Waals surface area contributed by atoms with Crippen molar-refractivity contribution in [3.05, 3.63) is 52.8 Å². The molecule has 0 aromatic heterocycles. The number of rotatable bonds is 5. The fourth-order valence-corrected chi connectivity index (χ4v) is 1.98. The first-order valence-corrected chi connectivity index (χ1v) is 6.67. The molecule has 0 aliphatic heterocycles. The lowest BCUT2D eigenvalue weighted by Crippen LogP contribution is -2.14. The summed E-state index contributed by atoms with van der Waals surface area (Å²) in [7, 11) is 1.28. The molecule has 1 N–H and O–H groups in total. The molecule has 0 saturated heterocycles. The minimum atomic E-state index is -3.06. The second-order valence-electron chi connectivity index (χ2n) is 4.32. The summed E-state index contributed by atoms with van der Waals surface area (Å²) < 4.78 is 47.5. The van der Waals surface area contributed by atoms with Gasteiger partial charge in [-0.25, -0.2) is 4.39 Å². The van der Waals surface area contributed by atoms with E-state index in [4.69, 9.17) is 16.3 Å². The van der Waals surface area contributed by atoms with Crippen LogP contribution in [-0.2, 0) is 0 Å². The highest BCUT2D eigenvalue weighted by atomic mass is 35.5. The van der Waals surface area contributed by atoms with E-state index in [1.807, 2.05) is 0 Å². The van der Waals surface area contributed by atoms with Gasteiger partial charge in [0.1, 0.15) is 5.82 Å². The van der Waals surface area contributed by atoms with E-state index < -0.39 is 18.3 Å². The molecule has 0 bridgehead atoms. The van der Waals surface area contributed by atoms with E-state index in [1.165, 1.54) is 25.3 Å². The number of halogens is 4. The van der Waals surface area contributed by atoms with Gasteiger partial charge in [-0.15, -0.1) is 0 Å². The first kappa shape index (κ1) is 17.0. The summed E-state index contributed by atoms with van der Waals surface area (Å²) in [4.78, 5) is 12.0. The number of nitrogens with one attached hydrogen (secondary N) is 1. The lowest BCUT2D eigenvalue weighted by atomic mass is 10.2. The van der Waals surface area contributed by atoms with E-state index >= 15 is 0 Å². The van der Waals surface area contributed by atoms with Crippen LogP contribution in [0.1, 0.15) is 10.4 Å². The Kier molecular flexibility index (Phi) is 5.33. The number of alkyl halides is 2. The molecule has 122 valence electrons. The van der Waals surface area contributed by atoms with Gasteiger partial charge in [-0.2, -0.15) is 8.78 Å². The van der Waals surface area contributed by atoms with E-state index in [2.05, 4.69) is 10.1 Å². The molecule has 0 saturated carbocycles. The molecule has 8 heteroatoms. The molecule has 0 aliphatic rings. The van der Waals surface area contributed by atoms with Crippen molar-refractivity contribution in [3.63, 3.8) is 0 Å². The van der Waals surface area contributed by atoms with Crippen LogP contribution in [0.15, 0.2) is 36.4 Å². The summed E-state index contributed by atoms with van der Waals surface area (Å²) in [6.45, 7) is -3.06. The number of benzene rings is 2. The van der Waals surface area contributed by atoms with Crippen molar-refractivity contribution in [2.75, 3.05) is 12.4 Å². The van der Waals surface area contributed by atoms with Crippen molar-refractivity contribution < 1.29 is 27.4 Å². The van der Waals surface area contributed by atoms with Crippen LogP contribution < -0.4 is 14.8 Å². The monoisotopic (exact) mass is 345 g/mol. The summed E-state index contributed by atoms with van der Waals surface area (Å²) in [6.07, 6.45) is 0. The zero-order chi connectivity index (χ0) is 17.0. The Morgan fingerprint density at radius 1 is 1.17 bits per heavy atom. The van der Waals surface area contributed by atoms with Gasteiger partial charge >= 0.3 is 6.61 Å². The Balaban J connectivity index is 2.25. The largest absolute Gasteiger partial charge is 0.493 e. The number of carbonyl (C=O) groups excluding carboxylic acids is 1. The molecule has 1 amide bonds. The first-order chi connectivity index (χ1) is 10.9. The topological polar surface area (TPSA) is 47.6 Å². The highest BCUT2D eigenvalue weighted by Gasteiger charge is 2.15. The second kappa shape index (κ2) is 7.23. The third-order valence-corrected chi connectivity index (χ3v) is 3.05. The number of hydrogen-bond acceptors (Lipinski definition) is 3. The molecule has 2 rings (SSSR count). The second-order valence-corrected chi connectivity index (χ2v) is 4.76. The van der Waals surface area contributed by atoms with Crippen molar-refractivity contribution in [2.45, 2.75) is 6.61 Å². The average molecular weight is 346 g/mol. The Morgan fingerprint density at radius 3 is 2.57 bits per heavy atom. The molecule has 0 heterocycles. The maximum atomic E-state index is 13.6. The highest BCUT2D eigenvalue weighted by molar-refractivity contribution is 6.31. The van der Waals surface area contributed by atoms with Crippen molar-refractivity contribution in [2.24, 2.45) is 0 Å². The summed E-state index contributed by atoms with van der Waals surface area (Å²) in [5.41, 5.74) is -0.143. The van der Waals surface area contributed by atoms with E-state index in [0.717, 1.165) is 18.2 Å². The molecule has 0 radical (unpaired) electrons. The molecule has 0 fully saturated rings. The average Bonchev–Trinajstić information content (AvgIpc) is 2.49. The smallest absolute Gasteiger partial charge is 0.387 e. The number of methoxy groups -OCH3 is 1. The first-order valence-electron chi connectivity index (χ1n) is 6.30. The van der Waals surface area contributed by atoms with Gasteiger partial charge in [-0.1, -0.05) is 11.6 Å². The SMILES string of the molecule is COc1ccc(NC(=O)c2cc(Cl)ccc2F)cc1OC(F)F. The molecule has 23 heavy (non-hydrogen) atoms. The van der Waals surface area contributed by atoms with Crippen molar-refractivity contribution in [1.29, 1.82) is 0 Å². The fourth-order valence-electron chi connectivity index (χ4n) is 1.81. The van der Waals surface area contributed by atoms with Crippen LogP contribution in [-0.4, -0.2) is 19.6 Å². The fraction of sp³-hybridized carbons (Fsp3) is 0.133. The number of hydrogen-bond donors (Lipinski definition) is 1. The quantitative estimate of drug-likeness (QED) is 0.876. The van der Waals surface area contributed by atoms with Gasteiger partial charge in [0.25, 0.3) is 5.91 Å². The van der Waals surface area contributed by atoms with Gasteiger partial charge in [-0.3, -0.25) is 4.79 Å². The maximum Gasteiger partial charge on any atom is 0.387 e. The van der Waals surface area contributed by atoms with E-state index in [0.29, 0.717) is 0 Å². The number of ether oxygens (including phenoxy) is 2. The Labute approximate surface area is 134 Å². The van der Waals surface area contributed by atoms with E-state index in [1.54, 1.807) is 0 Å². The van der Waals surface area contributed by atoms with Crippen molar-refractivity contribution >= 4 is 23.2 Å². The third-order valence-electron chi connectivity index (χ3n) is 2.81. The van der Waals surface area contributed by atoms with E-state index in [9.17, 15) is 18.0 Å². The third kappa shape index (κ3) is 4.29. The maximum absolute atomic E-state index is 13.6. The van der Waals surface area contributed by atoms with Crippen molar-refractivity contribution in [1.82, 2.24) is 0 Å². The van der Waals surface area contributed by atoms with Crippen LogP contribution in [0.3, 0.4) is 0 Å². The molecule has 4 nitrogen and oxygen atoms in total. The van der Waals surface area contributed by atoms with Gasteiger partial charge in [0, 0.05) is 16.8 Å². The summed E-state index contributed by atoms with van der Waals surface area (Å²) >= 11 is 5.72. The van der Waals surface area contributed by atoms with E-state index in [-0.39, 0.29) is 27.8 Å². The van der Waals surface area contributed by atoms with Crippen LogP contribution in [0.25, 0.3) is 0 Å². The lowest BCUT2D eigenvalue weighted by Gasteiger charge is -2.12. The highest BCUT2D eigenvalue weighted by Crippen LogP contribution is 2.31. The Bertz CT molecular complexity index is 725.